The summed E-state index contributed by atoms with van der Waals surface area (Å²) in [7, 11) is 1.53. The summed E-state index contributed by atoms with van der Waals surface area (Å²) in [6, 6.07) is 12.7. The van der Waals surface area contributed by atoms with Gasteiger partial charge in [0.2, 0.25) is 0 Å². The van der Waals surface area contributed by atoms with Gasteiger partial charge in [0.25, 0.3) is 0 Å². The van der Waals surface area contributed by atoms with Crippen LogP contribution in [0.2, 0.25) is 0 Å². The van der Waals surface area contributed by atoms with Crippen LogP contribution in [0.5, 0.6) is 17.2 Å². The number of carbonyl (C=O) groups excluding carboxylic acids is 1. The Labute approximate surface area is 147 Å². The maximum atomic E-state index is 11.2. The molecule has 2 aromatic carbocycles. The first kappa shape index (κ1) is 16.4. The molecule has 3 aromatic rings. The molecular formula is C18H14BrNO4. The molecule has 1 heterocycles. The number of benzene rings is 2. The number of halogens is 1. The molecule has 0 spiro atoms. The van der Waals surface area contributed by atoms with Crippen molar-refractivity contribution in [1.29, 1.82) is 0 Å². The van der Waals surface area contributed by atoms with Crippen molar-refractivity contribution < 1.29 is 19.0 Å². The maximum absolute atomic E-state index is 11.2. The van der Waals surface area contributed by atoms with E-state index in [1.165, 1.54) is 7.11 Å². The van der Waals surface area contributed by atoms with Gasteiger partial charge in [0.1, 0.15) is 5.75 Å². The molecule has 122 valence electrons. The highest BCUT2D eigenvalue weighted by Gasteiger charge is 2.13. The van der Waals surface area contributed by atoms with Gasteiger partial charge in [0, 0.05) is 28.7 Å². The van der Waals surface area contributed by atoms with Gasteiger partial charge in [0.05, 0.1) is 5.52 Å². The van der Waals surface area contributed by atoms with Crippen molar-refractivity contribution in [3.05, 3.63) is 58.7 Å². The standard InChI is InChI=1S/C18H14BrNO4/c1-22-11-23-17-9-14(19)12(10-21)8-18(17)24-16-6-2-5-15-13(16)4-3-7-20-15/h2-10H,11H2,1H3. The third kappa shape index (κ3) is 3.39. The number of fused-ring (bicyclic) bond motifs is 1. The van der Waals surface area contributed by atoms with Gasteiger partial charge in [-0.15, -0.1) is 0 Å². The van der Waals surface area contributed by atoms with E-state index >= 15 is 0 Å². The van der Waals surface area contributed by atoms with Crippen molar-refractivity contribution in [2.75, 3.05) is 13.9 Å². The Hall–Kier alpha value is -2.44. The van der Waals surface area contributed by atoms with Crippen LogP contribution in [0.3, 0.4) is 0 Å². The minimum absolute atomic E-state index is 0.0698. The van der Waals surface area contributed by atoms with Crippen LogP contribution < -0.4 is 9.47 Å². The first-order valence-electron chi connectivity index (χ1n) is 7.15. The van der Waals surface area contributed by atoms with E-state index in [9.17, 15) is 4.79 Å². The van der Waals surface area contributed by atoms with Crippen molar-refractivity contribution in [3.8, 4) is 17.2 Å². The molecule has 0 N–H and O–H groups in total. The smallest absolute Gasteiger partial charge is 0.188 e. The molecule has 0 aliphatic rings. The van der Waals surface area contributed by atoms with Crippen LogP contribution in [0.25, 0.3) is 10.9 Å². The third-order valence-electron chi connectivity index (χ3n) is 3.35. The van der Waals surface area contributed by atoms with E-state index in [0.29, 0.717) is 27.3 Å². The van der Waals surface area contributed by atoms with Gasteiger partial charge in [0.15, 0.2) is 24.6 Å². The number of rotatable bonds is 6. The summed E-state index contributed by atoms with van der Waals surface area (Å²) in [6.07, 6.45) is 2.48. The molecule has 0 unspecified atom stereocenters. The number of aromatic nitrogens is 1. The van der Waals surface area contributed by atoms with E-state index in [0.717, 1.165) is 17.2 Å². The van der Waals surface area contributed by atoms with Crippen LogP contribution in [-0.2, 0) is 4.74 Å². The lowest BCUT2D eigenvalue weighted by atomic mass is 10.2. The first-order valence-corrected chi connectivity index (χ1v) is 7.94. The van der Waals surface area contributed by atoms with Crippen LogP contribution >= 0.6 is 15.9 Å². The normalized spacial score (nSPS) is 10.6. The average Bonchev–Trinajstić information content (AvgIpc) is 2.61. The monoisotopic (exact) mass is 387 g/mol. The van der Waals surface area contributed by atoms with Gasteiger partial charge in [-0.3, -0.25) is 9.78 Å². The van der Waals surface area contributed by atoms with Crippen molar-refractivity contribution >= 4 is 33.1 Å². The fourth-order valence-corrected chi connectivity index (χ4v) is 2.65. The summed E-state index contributed by atoms with van der Waals surface area (Å²) in [5.41, 5.74) is 1.29. The Morgan fingerprint density at radius 3 is 2.79 bits per heavy atom. The molecule has 0 atom stereocenters. The molecule has 0 radical (unpaired) electrons. The van der Waals surface area contributed by atoms with Crippen LogP contribution in [0.4, 0.5) is 0 Å². The molecule has 0 aliphatic heterocycles. The quantitative estimate of drug-likeness (QED) is 0.457. The summed E-state index contributed by atoms with van der Waals surface area (Å²) < 4.78 is 17.1. The number of nitrogens with zero attached hydrogens (tertiary/aromatic N) is 1. The minimum Gasteiger partial charge on any atom is -0.464 e. The number of ether oxygens (including phenoxy) is 3. The molecule has 6 heteroatoms. The zero-order chi connectivity index (χ0) is 16.9. The van der Waals surface area contributed by atoms with E-state index < -0.39 is 0 Å². The zero-order valence-electron chi connectivity index (χ0n) is 12.9. The Morgan fingerprint density at radius 2 is 2.00 bits per heavy atom. The molecule has 5 nitrogen and oxygen atoms in total. The second kappa shape index (κ2) is 7.42. The van der Waals surface area contributed by atoms with Crippen LogP contribution in [0, 0.1) is 0 Å². The van der Waals surface area contributed by atoms with Gasteiger partial charge < -0.3 is 14.2 Å². The lowest BCUT2D eigenvalue weighted by molar-refractivity contribution is 0.0495. The highest BCUT2D eigenvalue weighted by atomic mass is 79.9. The second-order valence-corrected chi connectivity index (χ2v) is 5.77. The van der Waals surface area contributed by atoms with Gasteiger partial charge >= 0.3 is 0 Å². The molecule has 0 amide bonds. The number of hydrogen-bond donors (Lipinski definition) is 0. The molecule has 0 bridgehead atoms. The Bertz CT molecular complexity index is 877. The Kier molecular flexibility index (Phi) is 5.08. The van der Waals surface area contributed by atoms with Gasteiger partial charge in [-0.25, -0.2) is 0 Å². The van der Waals surface area contributed by atoms with Crippen molar-refractivity contribution in [2.45, 2.75) is 0 Å². The highest BCUT2D eigenvalue weighted by Crippen LogP contribution is 2.38. The second-order valence-electron chi connectivity index (χ2n) is 4.92. The highest BCUT2D eigenvalue weighted by molar-refractivity contribution is 9.10. The number of carbonyl (C=O) groups is 1. The zero-order valence-corrected chi connectivity index (χ0v) is 14.4. The molecule has 0 saturated heterocycles. The summed E-state index contributed by atoms with van der Waals surface area (Å²) in [5.74, 6) is 1.52. The predicted molar refractivity (Wildman–Crippen MR) is 93.9 cm³/mol. The lowest BCUT2D eigenvalue weighted by Gasteiger charge is -2.14. The number of pyridine rings is 1. The lowest BCUT2D eigenvalue weighted by Crippen LogP contribution is -2.01. The summed E-state index contributed by atoms with van der Waals surface area (Å²) >= 11 is 3.34. The molecule has 24 heavy (non-hydrogen) atoms. The summed E-state index contributed by atoms with van der Waals surface area (Å²) in [5, 5.41) is 0.869. The molecule has 0 aliphatic carbocycles. The van der Waals surface area contributed by atoms with E-state index in [2.05, 4.69) is 20.9 Å². The van der Waals surface area contributed by atoms with E-state index in [-0.39, 0.29) is 6.79 Å². The van der Waals surface area contributed by atoms with Crippen LogP contribution in [0.1, 0.15) is 10.4 Å². The fraction of sp³-hybridized carbons (Fsp3) is 0.111. The van der Waals surface area contributed by atoms with Gasteiger partial charge in [-0.05, 0) is 52.3 Å². The average molecular weight is 388 g/mol. The number of aldehydes is 1. The third-order valence-corrected chi connectivity index (χ3v) is 4.03. The van der Waals surface area contributed by atoms with Crippen molar-refractivity contribution in [2.24, 2.45) is 0 Å². The van der Waals surface area contributed by atoms with E-state index in [4.69, 9.17) is 14.2 Å². The molecule has 3 rings (SSSR count). The van der Waals surface area contributed by atoms with E-state index in [1.807, 2.05) is 30.3 Å². The number of hydrogen-bond acceptors (Lipinski definition) is 5. The molecule has 0 saturated carbocycles. The maximum Gasteiger partial charge on any atom is 0.188 e. The van der Waals surface area contributed by atoms with Crippen LogP contribution in [0.15, 0.2) is 53.1 Å². The topological polar surface area (TPSA) is 57.7 Å². The molecule has 1 aromatic heterocycles. The predicted octanol–water partition coefficient (Wildman–Crippen LogP) is 4.58. The van der Waals surface area contributed by atoms with Gasteiger partial charge in [-0.1, -0.05) is 6.07 Å². The molecular weight excluding hydrogens is 374 g/mol. The fourth-order valence-electron chi connectivity index (χ4n) is 2.24. The number of methoxy groups -OCH3 is 1. The molecule has 0 fully saturated rings. The summed E-state index contributed by atoms with van der Waals surface area (Å²) in [4.78, 5) is 15.5. The first-order chi connectivity index (χ1) is 11.7. The van der Waals surface area contributed by atoms with Crippen LogP contribution in [-0.4, -0.2) is 25.2 Å². The van der Waals surface area contributed by atoms with Crippen molar-refractivity contribution in [1.82, 2.24) is 4.98 Å². The SMILES string of the molecule is COCOc1cc(Br)c(C=O)cc1Oc1cccc2ncccc12. The largest absolute Gasteiger partial charge is 0.464 e. The Morgan fingerprint density at radius 1 is 1.12 bits per heavy atom. The van der Waals surface area contributed by atoms with Gasteiger partial charge in [-0.2, -0.15) is 0 Å². The summed E-state index contributed by atoms with van der Waals surface area (Å²) in [6.45, 7) is 0.0698. The van der Waals surface area contributed by atoms with E-state index in [1.54, 1.807) is 18.3 Å². The Balaban J connectivity index is 2.05. The minimum atomic E-state index is 0.0698. The van der Waals surface area contributed by atoms with Crippen molar-refractivity contribution in [3.63, 3.8) is 0 Å².